The van der Waals surface area contributed by atoms with Gasteiger partial charge in [-0.15, -0.1) is 0 Å². The minimum atomic E-state index is 0.0138. The molecule has 0 bridgehead atoms. The second-order valence-electron chi connectivity index (χ2n) is 18.4. The van der Waals surface area contributed by atoms with Gasteiger partial charge in [0.2, 0.25) is 11.8 Å². The number of hydrogen-bond donors (Lipinski definition) is 0. The van der Waals surface area contributed by atoms with Crippen LogP contribution in [0.25, 0.3) is 0 Å². The quantitative estimate of drug-likeness (QED) is 0.202. The highest BCUT2D eigenvalue weighted by atomic mass is 16.5. The Morgan fingerprint density at radius 3 is 1.21 bits per heavy atom. The predicted molar refractivity (Wildman–Crippen MR) is 235 cm³/mol. The highest BCUT2D eigenvalue weighted by molar-refractivity contribution is 5.81. The molecular formula is C48H85N3O7. The smallest absolute Gasteiger partial charge is 0.249 e. The zero-order chi connectivity index (χ0) is 43.5. The van der Waals surface area contributed by atoms with Gasteiger partial charge in [-0.3, -0.25) is 24.0 Å². The first-order chi connectivity index (χ1) is 27.5. The Hall–Kier alpha value is -2.72. The zero-order valence-corrected chi connectivity index (χ0v) is 38.6. The molecule has 0 atom stereocenters. The Morgan fingerprint density at radius 2 is 0.862 bits per heavy atom. The molecule has 10 nitrogen and oxygen atoms in total. The highest BCUT2D eigenvalue weighted by Gasteiger charge is 2.21. The minimum Gasteiger partial charge on any atom is -0.381 e. The molecule has 0 radical (unpaired) electrons. The Morgan fingerprint density at radius 1 is 0.500 bits per heavy atom. The van der Waals surface area contributed by atoms with E-state index < -0.39 is 0 Å². The Labute approximate surface area is 353 Å². The van der Waals surface area contributed by atoms with Crippen molar-refractivity contribution >= 4 is 29.2 Å². The minimum absolute atomic E-state index is 0.0138. The van der Waals surface area contributed by atoms with Gasteiger partial charge in [0, 0.05) is 87.5 Å². The van der Waals surface area contributed by atoms with Crippen molar-refractivity contribution in [3.8, 4) is 0 Å². The van der Waals surface area contributed by atoms with E-state index in [1.165, 1.54) is 75.3 Å². The predicted octanol–water partition coefficient (Wildman–Crippen LogP) is 10.5. The molecule has 2 aliphatic heterocycles. The molecule has 3 heterocycles. The van der Waals surface area contributed by atoms with Gasteiger partial charge < -0.3 is 14.4 Å². The lowest BCUT2D eigenvalue weighted by Gasteiger charge is -2.28. The van der Waals surface area contributed by atoms with Crippen molar-refractivity contribution < 1.29 is 33.4 Å². The molecule has 5 rings (SSSR count). The second kappa shape index (κ2) is 31.2. The zero-order valence-electron chi connectivity index (χ0n) is 38.6. The molecule has 0 aromatic carbocycles. The van der Waals surface area contributed by atoms with E-state index in [-0.39, 0.29) is 41.4 Å². The number of rotatable bonds is 11. The molecular weight excluding hydrogens is 731 g/mol. The van der Waals surface area contributed by atoms with E-state index in [0.29, 0.717) is 48.3 Å². The molecule has 1 amide bonds. The number of hydrogen-bond acceptors (Lipinski definition) is 8. The second-order valence-corrected chi connectivity index (χ2v) is 18.4. The summed E-state index contributed by atoms with van der Waals surface area (Å²) in [7, 11) is 0. The van der Waals surface area contributed by atoms with E-state index in [0.717, 1.165) is 58.4 Å². The molecule has 1 aromatic rings. The molecule has 0 unspecified atom stereocenters. The van der Waals surface area contributed by atoms with Crippen molar-refractivity contribution in [2.24, 2.45) is 47.3 Å². The van der Waals surface area contributed by atoms with E-state index in [4.69, 9.17) is 9.47 Å². The average Bonchev–Trinajstić information content (AvgIpc) is 3.63. The summed E-state index contributed by atoms with van der Waals surface area (Å²) in [6.07, 6.45) is 22.5. The largest absolute Gasteiger partial charge is 0.381 e. The normalized spacial score (nSPS) is 18.2. The molecule has 0 N–H and O–H groups in total. The lowest BCUT2D eigenvalue weighted by molar-refractivity contribution is -0.138. The highest BCUT2D eigenvalue weighted by Crippen LogP contribution is 2.28. The van der Waals surface area contributed by atoms with Crippen molar-refractivity contribution in [1.82, 2.24) is 14.7 Å². The Bertz CT molecular complexity index is 1210. The molecule has 10 heteroatoms. The van der Waals surface area contributed by atoms with Gasteiger partial charge in [0.05, 0.1) is 13.2 Å². The Kier molecular flexibility index (Phi) is 28.7. The summed E-state index contributed by atoms with van der Waals surface area (Å²) < 4.78 is 11.7. The van der Waals surface area contributed by atoms with Crippen LogP contribution in [-0.2, 0) is 28.7 Å². The van der Waals surface area contributed by atoms with Crippen LogP contribution in [0.3, 0.4) is 0 Å². The van der Waals surface area contributed by atoms with E-state index in [1.54, 1.807) is 18.5 Å². The maximum absolute atomic E-state index is 11.5. The van der Waals surface area contributed by atoms with Crippen LogP contribution < -0.4 is 0 Å². The summed E-state index contributed by atoms with van der Waals surface area (Å²) in [5.74, 6) is 4.43. The van der Waals surface area contributed by atoms with Gasteiger partial charge in [-0.05, 0) is 36.7 Å². The lowest BCUT2D eigenvalue weighted by Crippen LogP contribution is -2.42. The SMILES string of the molecule is CC(C)C(=O)CC1CCCCC1.CC(C)C(=O)CC1CCCCCC1.CC(C)C(=O)CC1CCOCC1.CC(C)C(=O)N1CCOCC1.CC(C)C(=O)n1cccn1. The van der Waals surface area contributed by atoms with Gasteiger partial charge in [-0.2, -0.15) is 5.10 Å². The average molecular weight is 816 g/mol. The molecule has 2 saturated heterocycles. The number of Topliss-reactive ketones (excluding diaryl/α,β-unsaturated/α-hetero) is 3. The van der Waals surface area contributed by atoms with Crippen molar-refractivity contribution in [3.63, 3.8) is 0 Å². The first-order valence-corrected chi connectivity index (χ1v) is 23.1. The van der Waals surface area contributed by atoms with E-state index in [2.05, 4.69) is 5.10 Å². The topological polar surface area (TPSA) is 125 Å². The summed E-state index contributed by atoms with van der Waals surface area (Å²) in [4.78, 5) is 58.6. The summed E-state index contributed by atoms with van der Waals surface area (Å²) in [6.45, 7) is 24.1. The standard InChI is InChI=1S/C12H22O.C11H20O.C10H18O2.C8H15NO2.C7H10N2O/c1-10(2)12(13)9-11-7-5-3-4-6-8-11;1-9(2)11(12)8-10-6-4-3-5-7-10;1-8(2)10(11)7-9-3-5-12-6-4-9;1-7(2)8(10)9-3-5-11-6-4-9;1-6(2)7(10)9-5-3-4-8-9/h10-11H,3-9H2,1-2H3;9-10H,3-8H2,1-2H3;8-9H,3-7H2,1-2H3;7H,3-6H2,1-2H3;3-6H,1-2H3. The van der Waals surface area contributed by atoms with Crippen LogP contribution in [0.2, 0.25) is 0 Å². The molecule has 2 saturated carbocycles. The van der Waals surface area contributed by atoms with E-state index >= 15 is 0 Å². The van der Waals surface area contributed by atoms with Crippen molar-refractivity contribution in [2.45, 2.75) is 172 Å². The van der Waals surface area contributed by atoms with Crippen LogP contribution in [0.4, 0.5) is 0 Å². The molecule has 4 fully saturated rings. The summed E-state index contributed by atoms with van der Waals surface area (Å²) in [5, 5.41) is 3.80. The number of nitrogens with zero attached hydrogens (tertiary/aromatic N) is 3. The number of carbonyl (C=O) groups is 5. The third kappa shape index (κ3) is 24.4. The molecule has 58 heavy (non-hydrogen) atoms. The number of amides is 1. The fraction of sp³-hybridized carbons (Fsp3) is 0.833. The summed E-state index contributed by atoms with van der Waals surface area (Å²) >= 11 is 0. The van der Waals surface area contributed by atoms with Crippen LogP contribution >= 0.6 is 0 Å². The van der Waals surface area contributed by atoms with Crippen LogP contribution in [0, 0.1) is 47.3 Å². The van der Waals surface area contributed by atoms with E-state index in [9.17, 15) is 24.0 Å². The maximum Gasteiger partial charge on any atom is 0.249 e. The molecule has 334 valence electrons. The summed E-state index contributed by atoms with van der Waals surface area (Å²) in [6, 6.07) is 1.74. The molecule has 4 aliphatic rings. The van der Waals surface area contributed by atoms with Crippen molar-refractivity contribution in [1.29, 1.82) is 0 Å². The van der Waals surface area contributed by atoms with Gasteiger partial charge in [0.1, 0.15) is 17.3 Å². The first-order valence-electron chi connectivity index (χ1n) is 23.1. The van der Waals surface area contributed by atoms with E-state index in [1.807, 2.05) is 74.1 Å². The summed E-state index contributed by atoms with van der Waals surface area (Å²) in [5.41, 5.74) is 0. The number of aromatic nitrogens is 2. The molecule has 2 aliphatic carbocycles. The number of ether oxygens (including phenoxy) is 2. The van der Waals surface area contributed by atoms with Gasteiger partial charge in [-0.25, -0.2) is 4.68 Å². The number of ketones is 3. The van der Waals surface area contributed by atoms with Crippen molar-refractivity contribution in [2.75, 3.05) is 39.5 Å². The fourth-order valence-corrected chi connectivity index (χ4v) is 7.28. The van der Waals surface area contributed by atoms with Gasteiger partial charge in [-0.1, -0.05) is 140 Å². The van der Waals surface area contributed by atoms with Crippen LogP contribution in [0.5, 0.6) is 0 Å². The fourth-order valence-electron chi connectivity index (χ4n) is 7.28. The molecule has 0 spiro atoms. The van der Waals surface area contributed by atoms with Gasteiger partial charge in [0.25, 0.3) is 0 Å². The van der Waals surface area contributed by atoms with Crippen molar-refractivity contribution in [3.05, 3.63) is 18.5 Å². The monoisotopic (exact) mass is 816 g/mol. The maximum atomic E-state index is 11.5. The van der Waals surface area contributed by atoms with Crippen LogP contribution in [-0.4, -0.2) is 83.4 Å². The van der Waals surface area contributed by atoms with Crippen LogP contribution in [0.1, 0.15) is 177 Å². The first kappa shape index (κ1) is 53.3. The molecule has 1 aromatic heterocycles. The Balaban J connectivity index is 0.000000363. The van der Waals surface area contributed by atoms with Gasteiger partial charge >= 0.3 is 0 Å². The third-order valence-electron chi connectivity index (χ3n) is 11.5. The third-order valence-corrected chi connectivity index (χ3v) is 11.5. The van der Waals surface area contributed by atoms with Crippen LogP contribution in [0.15, 0.2) is 18.5 Å². The number of carbonyl (C=O) groups excluding carboxylic acids is 5. The lowest BCUT2D eigenvalue weighted by atomic mass is 9.84. The van der Waals surface area contributed by atoms with Gasteiger partial charge in [0.15, 0.2) is 0 Å². The number of morpholine rings is 1.